The molecule has 2 atom stereocenters. The molecule has 0 aromatic heterocycles. The van der Waals surface area contributed by atoms with Crippen LogP contribution in [0.2, 0.25) is 0 Å². The SMILES string of the molecule is CCCC[C@@H]1C(=O)c2ccccc2N(C(=O)OCc2ccccc2)[C@H]1c1ccc(C)cc1. The van der Waals surface area contributed by atoms with Crippen LogP contribution in [0.15, 0.2) is 78.9 Å². The van der Waals surface area contributed by atoms with Crippen molar-refractivity contribution in [2.45, 2.75) is 45.8 Å². The summed E-state index contributed by atoms with van der Waals surface area (Å²) in [6, 6.07) is 24.7. The fourth-order valence-corrected chi connectivity index (χ4v) is 4.42. The Bertz CT molecular complexity index is 1080. The van der Waals surface area contributed by atoms with Gasteiger partial charge in [-0.25, -0.2) is 4.79 Å². The van der Waals surface area contributed by atoms with E-state index in [4.69, 9.17) is 4.74 Å². The third-order valence-electron chi connectivity index (χ3n) is 6.11. The number of unbranched alkanes of at least 4 members (excludes halogenated alkanes) is 1. The summed E-state index contributed by atoms with van der Waals surface area (Å²) in [6.45, 7) is 4.34. The number of ether oxygens (including phenoxy) is 1. The van der Waals surface area contributed by atoms with E-state index in [0.29, 0.717) is 11.3 Å². The monoisotopic (exact) mass is 427 g/mol. The highest BCUT2D eigenvalue weighted by Crippen LogP contribution is 2.44. The van der Waals surface area contributed by atoms with Crippen molar-refractivity contribution in [2.24, 2.45) is 5.92 Å². The van der Waals surface area contributed by atoms with Crippen molar-refractivity contribution in [1.82, 2.24) is 0 Å². The lowest BCUT2D eigenvalue weighted by Crippen LogP contribution is -2.46. The van der Waals surface area contributed by atoms with E-state index in [0.717, 1.165) is 36.0 Å². The minimum atomic E-state index is -0.430. The first-order valence-corrected chi connectivity index (χ1v) is 11.3. The van der Waals surface area contributed by atoms with E-state index < -0.39 is 12.1 Å². The summed E-state index contributed by atoms with van der Waals surface area (Å²) in [7, 11) is 0. The van der Waals surface area contributed by atoms with Gasteiger partial charge in [-0.15, -0.1) is 0 Å². The maximum Gasteiger partial charge on any atom is 0.415 e. The fourth-order valence-electron chi connectivity index (χ4n) is 4.42. The number of Topliss-reactive ketones (excluding diaryl/α,β-unsaturated/α-hetero) is 1. The third kappa shape index (κ3) is 4.45. The topological polar surface area (TPSA) is 46.6 Å². The minimum absolute atomic E-state index is 0.103. The number of aryl methyl sites for hydroxylation is 1. The summed E-state index contributed by atoms with van der Waals surface area (Å²) in [5.41, 5.74) is 4.23. The Morgan fingerprint density at radius 2 is 1.62 bits per heavy atom. The lowest BCUT2D eigenvalue weighted by molar-refractivity contribution is 0.0867. The second-order valence-corrected chi connectivity index (χ2v) is 8.40. The number of rotatable bonds is 6. The smallest absolute Gasteiger partial charge is 0.415 e. The molecule has 4 nitrogen and oxygen atoms in total. The Morgan fingerprint density at radius 1 is 0.938 bits per heavy atom. The molecule has 4 rings (SSSR count). The van der Waals surface area contributed by atoms with Crippen LogP contribution in [0.5, 0.6) is 0 Å². The summed E-state index contributed by atoms with van der Waals surface area (Å²) in [5.74, 6) is -0.205. The first kappa shape index (κ1) is 21.8. The second kappa shape index (κ2) is 9.82. The van der Waals surface area contributed by atoms with Crippen LogP contribution in [0.4, 0.5) is 10.5 Å². The van der Waals surface area contributed by atoms with Crippen molar-refractivity contribution in [1.29, 1.82) is 0 Å². The average molecular weight is 428 g/mol. The maximum atomic E-state index is 13.5. The molecular formula is C28H29NO3. The van der Waals surface area contributed by atoms with Crippen molar-refractivity contribution in [3.63, 3.8) is 0 Å². The van der Waals surface area contributed by atoms with Crippen LogP contribution in [-0.4, -0.2) is 11.9 Å². The Balaban J connectivity index is 1.76. The number of fused-ring (bicyclic) bond motifs is 1. The number of carbonyl (C=O) groups excluding carboxylic acids is 2. The zero-order chi connectivity index (χ0) is 22.5. The molecule has 0 N–H and O–H groups in total. The highest BCUT2D eigenvalue weighted by Gasteiger charge is 2.44. The fraction of sp³-hybridized carbons (Fsp3) is 0.286. The van der Waals surface area contributed by atoms with Crippen LogP contribution in [0.1, 0.15) is 59.3 Å². The van der Waals surface area contributed by atoms with Crippen LogP contribution in [-0.2, 0) is 11.3 Å². The van der Waals surface area contributed by atoms with E-state index in [1.807, 2.05) is 85.8 Å². The van der Waals surface area contributed by atoms with Crippen LogP contribution >= 0.6 is 0 Å². The number of amides is 1. The number of nitrogens with zero attached hydrogens (tertiary/aromatic N) is 1. The van der Waals surface area contributed by atoms with Gasteiger partial charge >= 0.3 is 6.09 Å². The van der Waals surface area contributed by atoms with Gasteiger partial charge in [-0.3, -0.25) is 9.69 Å². The van der Waals surface area contributed by atoms with Crippen LogP contribution in [0, 0.1) is 12.8 Å². The van der Waals surface area contributed by atoms with E-state index >= 15 is 0 Å². The Hall–Kier alpha value is -3.40. The van der Waals surface area contributed by atoms with Gasteiger partial charge < -0.3 is 4.74 Å². The molecule has 0 saturated carbocycles. The van der Waals surface area contributed by atoms with Gasteiger partial charge in [0.15, 0.2) is 5.78 Å². The molecule has 1 heterocycles. The zero-order valence-electron chi connectivity index (χ0n) is 18.7. The number of carbonyl (C=O) groups is 2. The van der Waals surface area contributed by atoms with E-state index in [9.17, 15) is 9.59 Å². The number of ketones is 1. The zero-order valence-corrected chi connectivity index (χ0v) is 18.7. The van der Waals surface area contributed by atoms with Crippen molar-refractivity contribution in [3.05, 3.63) is 101 Å². The number of hydrogen-bond acceptors (Lipinski definition) is 3. The molecule has 0 unspecified atom stereocenters. The first-order chi connectivity index (χ1) is 15.6. The molecule has 0 spiro atoms. The van der Waals surface area contributed by atoms with E-state index in [2.05, 4.69) is 6.92 Å². The summed E-state index contributed by atoms with van der Waals surface area (Å²) in [4.78, 5) is 28.7. The molecule has 1 amide bonds. The van der Waals surface area contributed by atoms with Crippen molar-refractivity contribution < 1.29 is 14.3 Å². The number of anilines is 1. The predicted molar refractivity (Wildman–Crippen MR) is 127 cm³/mol. The van der Waals surface area contributed by atoms with Crippen molar-refractivity contribution in [3.8, 4) is 0 Å². The standard InChI is InChI=1S/C28H29NO3/c1-3-4-12-24-26(22-17-15-20(2)16-18-22)29(25-14-9-8-13-23(25)27(24)30)28(31)32-19-21-10-6-5-7-11-21/h5-11,13-18,24,26H,3-4,12,19H2,1-2H3/t24-,26-/m0/s1. The average Bonchev–Trinajstić information content (AvgIpc) is 2.83. The highest BCUT2D eigenvalue weighted by molar-refractivity contribution is 6.09. The molecule has 4 heteroatoms. The number of hydrogen-bond donors (Lipinski definition) is 0. The van der Waals surface area contributed by atoms with Gasteiger partial charge in [-0.05, 0) is 36.6 Å². The van der Waals surface area contributed by atoms with Gasteiger partial charge in [0.1, 0.15) is 6.61 Å². The number of benzene rings is 3. The lowest BCUT2D eigenvalue weighted by Gasteiger charge is -2.41. The Labute approximate surface area is 189 Å². The maximum absolute atomic E-state index is 13.5. The quantitative estimate of drug-likeness (QED) is 0.431. The third-order valence-corrected chi connectivity index (χ3v) is 6.11. The predicted octanol–water partition coefficient (Wildman–Crippen LogP) is 6.88. The van der Waals surface area contributed by atoms with Gasteiger partial charge in [0.2, 0.25) is 0 Å². The van der Waals surface area contributed by atoms with Crippen LogP contribution < -0.4 is 4.90 Å². The van der Waals surface area contributed by atoms with E-state index in [-0.39, 0.29) is 18.3 Å². The summed E-state index contributed by atoms with van der Waals surface area (Å²) >= 11 is 0. The molecule has 32 heavy (non-hydrogen) atoms. The molecule has 1 aliphatic heterocycles. The minimum Gasteiger partial charge on any atom is -0.444 e. The molecule has 0 saturated heterocycles. The van der Waals surface area contributed by atoms with Gasteiger partial charge in [0.25, 0.3) is 0 Å². The van der Waals surface area contributed by atoms with Gasteiger partial charge in [0.05, 0.1) is 11.7 Å². The van der Waals surface area contributed by atoms with Gasteiger partial charge in [-0.2, -0.15) is 0 Å². The van der Waals surface area contributed by atoms with Crippen LogP contribution in [0.3, 0.4) is 0 Å². The second-order valence-electron chi connectivity index (χ2n) is 8.40. The van der Waals surface area contributed by atoms with Gasteiger partial charge in [0, 0.05) is 11.5 Å². The molecule has 1 aliphatic rings. The van der Waals surface area contributed by atoms with Crippen LogP contribution in [0.25, 0.3) is 0 Å². The normalized spacial score (nSPS) is 17.7. The molecule has 0 aliphatic carbocycles. The largest absolute Gasteiger partial charge is 0.444 e. The molecule has 0 radical (unpaired) electrons. The first-order valence-electron chi connectivity index (χ1n) is 11.3. The Kier molecular flexibility index (Phi) is 6.69. The highest BCUT2D eigenvalue weighted by atomic mass is 16.6. The van der Waals surface area contributed by atoms with E-state index in [1.165, 1.54) is 0 Å². The molecular weight excluding hydrogens is 398 g/mol. The van der Waals surface area contributed by atoms with E-state index in [1.54, 1.807) is 4.90 Å². The summed E-state index contributed by atoms with van der Waals surface area (Å²) in [5, 5.41) is 0. The summed E-state index contributed by atoms with van der Waals surface area (Å²) < 4.78 is 5.76. The van der Waals surface area contributed by atoms with Crippen molar-refractivity contribution >= 4 is 17.6 Å². The lowest BCUT2D eigenvalue weighted by atomic mass is 9.78. The Morgan fingerprint density at radius 3 is 2.34 bits per heavy atom. The molecule has 164 valence electrons. The number of para-hydroxylation sites is 1. The van der Waals surface area contributed by atoms with Crippen molar-refractivity contribution in [2.75, 3.05) is 4.90 Å². The molecule has 0 fully saturated rings. The molecule has 0 bridgehead atoms. The molecule has 3 aromatic rings. The molecule has 3 aromatic carbocycles. The summed E-state index contributed by atoms with van der Waals surface area (Å²) in [6.07, 6.45) is 2.21. The van der Waals surface area contributed by atoms with Gasteiger partial charge in [-0.1, -0.05) is 92.1 Å².